The molecule has 1 fully saturated rings. The van der Waals surface area contributed by atoms with Crippen LogP contribution >= 0.6 is 0 Å². The fraction of sp³-hybridized carbons (Fsp3) is 0.500. The number of benzene rings is 1. The Morgan fingerprint density at radius 3 is 3.00 bits per heavy atom. The predicted molar refractivity (Wildman–Crippen MR) is 85.4 cm³/mol. The highest BCUT2D eigenvalue weighted by Crippen LogP contribution is 2.22. The molecule has 21 heavy (non-hydrogen) atoms. The van der Waals surface area contributed by atoms with Crippen LogP contribution in [0.5, 0.6) is 0 Å². The molecule has 0 saturated carbocycles. The Balaban J connectivity index is 2.04. The smallest absolute Gasteiger partial charge is 0.222 e. The first kappa shape index (κ1) is 15.6. The van der Waals surface area contributed by atoms with E-state index < -0.39 is 0 Å². The summed E-state index contributed by atoms with van der Waals surface area (Å²) in [5, 5.41) is 0. The first-order valence-electron chi connectivity index (χ1n) is 7.78. The third-order valence-electron chi connectivity index (χ3n) is 4.14. The second kappa shape index (κ2) is 7.85. The van der Waals surface area contributed by atoms with Gasteiger partial charge in [-0.1, -0.05) is 37.3 Å². The van der Waals surface area contributed by atoms with Gasteiger partial charge in [-0.05, 0) is 36.5 Å². The highest BCUT2D eigenvalue weighted by atomic mass is 16.2. The molecule has 112 valence electrons. The van der Waals surface area contributed by atoms with Crippen molar-refractivity contribution < 1.29 is 4.79 Å². The lowest BCUT2D eigenvalue weighted by Crippen LogP contribution is -2.29. The van der Waals surface area contributed by atoms with Gasteiger partial charge in [0.25, 0.3) is 0 Å². The van der Waals surface area contributed by atoms with Crippen molar-refractivity contribution in [2.45, 2.75) is 39.2 Å². The lowest BCUT2D eigenvalue weighted by atomic mass is 9.98. The Morgan fingerprint density at radius 1 is 1.38 bits per heavy atom. The van der Waals surface area contributed by atoms with E-state index >= 15 is 0 Å². The normalized spacial score (nSPS) is 18.9. The van der Waals surface area contributed by atoms with Crippen molar-refractivity contribution in [2.75, 3.05) is 13.1 Å². The Labute approximate surface area is 127 Å². The Bertz CT molecular complexity index is 542. The zero-order chi connectivity index (χ0) is 15.1. The lowest BCUT2D eigenvalue weighted by molar-refractivity contribution is -0.131. The van der Waals surface area contributed by atoms with Crippen molar-refractivity contribution in [1.29, 1.82) is 0 Å². The van der Waals surface area contributed by atoms with Gasteiger partial charge in [0.1, 0.15) is 0 Å². The summed E-state index contributed by atoms with van der Waals surface area (Å²) in [6.45, 7) is 4.14. The van der Waals surface area contributed by atoms with Crippen molar-refractivity contribution in [2.24, 2.45) is 11.7 Å². The molecule has 1 atom stereocenters. The van der Waals surface area contributed by atoms with E-state index in [4.69, 9.17) is 5.73 Å². The van der Waals surface area contributed by atoms with E-state index in [0.717, 1.165) is 30.5 Å². The van der Waals surface area contributed by atoms with Crippen LogP contribution in [-0.2, 0) is 11.3 Å². The van der Waals surface area contributed by atoms with Crippen LogP contribution in [-0.4, -0.2) is 23.9 Å². The van der Waals surface area contributed by atoms with E-state index in [1.54, 1.807) is 0 Å². The number of carbonyl (C=O) groups excluding carboxylic acids is 1. The van der Waals surface area contributed by atoms with Gasteiger partial charge in [0, 0.05) is 25.1 Å². The monoisotopic (exact) mass is 284 g/mol. The quantitative estimate of drug-likeness (QED) is 0.867. The average Bonchev–Trinajstić information content (AvgIpc) is 2.68. The minimum atomic E-state index is 0.282. The molecule has 2 N–H and O–H groups in total. The van der Waals surface area contributed by atoms with E-state index in [9.17, 15) is 4.79 Å². The van der Waals surface area contributed by atoms with Crippen LogP contribution < -0.4 is 5.73 Å². The van der Waals surface area contributed by atoms with E-state index in [1.165, 1.54) is 6.42 Å². The van der Waals surface area contributed by atoms with Crippen LogP contribution in [0.2, 0.25) is 0 Å². The van der Waals surface area contributed by atoms with Gasteiger partial charge in [0.05, 0.1) is 6.54 Å². The summed E-state index contributed by atoms with van der Waals surface area (Å²) in [6.07, 6.45) is 4.01. The molecule has 0 bridgehead atoms. The highest BCUT2D eigenvalue weighted by molar-refractivity contribution is 5.76. The molecule has 3 nitrogen and oxygen atoms in total. The molecular weight excluding hydrogens is 260 g/mol. The van der Waals surface area contributed by atoms with Crippen molar-refractivity contribution in [3.63, 3.8) is 0 Å². The summed E-state index contributed by atoms with van der Waals surface area (Å²) in [5.74, 6) is 6.89. The van der Waals surface area contributed by atoms with Crippen LogP contribution in [0.1, 0.15) is 43.7 Å². The first-order valence-corrected chi connectivity index (χ1v) is 7.78. The molecule has 1 aromatic rings. The van der Waals surface area contributed by atoms with E-state index in [2.05, 4.69) is 30.9 Å². The van der Waals surface area contributed by atoms with Gasteiger partial charge in [-0.3, -0.25) is 4.79 Å². The van der Waals surface area contributed by atoms with Crippen LogP contribution in [0.15, 0.2) is 24.3 Å². The summed E-state index contributed by atoms with van der Waals surface area (Å²) in [7, 11) is 0. The summed E-state index contributed by atoms with van der Waals surface area (Å²) >= 11 is 0. The zero-order valence-corrected chi connectivity index (χ0v) is 12.8. The molecule has 0 spiro atoms. The molecule has 1 unspecified atom stereocenters. The number of rotatable bonds is 3. The van der Waals surface area contributed by atoms with Crippen molar-refractivity contribution >= 4 is 5.91 Å². The van der Waals surface area contributed by atoms with Gasteiger partial charge in [-0.25, -0.2) is 0 Å². The maximum Gasteiger partial charge on any atom is 0.222 e. The number of nitrogens with zero attached hydrogens (tertiary/aromatic N) is 1. The van der Waals surface area contributed by atoms with Crippen LogP contribution in [0, 0.1) is 17.8 Å². The number of likely N-dealkylation sites (tertiary alicyclic amines) is 1. The molecule has 0 aliphatic carbocycles. The van der Waals surface area contributed by atoms with Crippen LogP contribution in [0.3, 0.4) is 0 Å². The Kier molecular flexibility index (Phi) is 5.83. The summed E-state index contributed by atoms with van der Waals surface area (Å²) < 4.78 is 0. The zero-order valence-electron chi connectivity index (χ0n) is 12.8. The second-order valence-corrected chi connectivity index (χ2v) is 5.62. The van der Waals surface area contributed by atoms with Crippen molar-refractivity contribution in [3.05, 3.63) is 35.4 Å². The molecular formula is C18H24N2O. The standard InChI is InChI=1S/C18H24N2O/c1-2-15-8-9-18(21)20(12-10-15)14-17-6-3-5-16(13-17)7-4-11-19/h3,5-6,13,15H,2,8-12,14,19H2,1H3. The third-order valence-corrected chi connectivity index (χ3v) is 4.14. The molecule has 0 aromatic heterocycles. The van der Waals surface area contributed by atoms with Crippen LogP contribution in [0.25, 0.3) is 0 Å². The maximum absolute atomic E-state index is 12.2. The third kappa shape index (κ3) is 4.61. The first-order chi connectivity index (χ1) is 10.2. The topological polar surface area (TPSA) is 46.3 Å². The van der Waals surface area contributed by atoms with Gasteiger partial charge in [-0.2, -0.15) is 0 Å². The molecule has 1 heterocycles. The molecule has 3 heteroatoms. The second-order valence-electron chi connectivity index (χ2n) is 5.62. The minimum Gasteiger partial charge on any atom is -0.338 e. The van der Waals surface area contributed by atoms with Crippen LogP contribution in [0.4, 0.5) is 0 Å². The summed E-state index contributed by atoms with van der Waals surface area (Å²) in [4.78, 5) is 14.2. The van der Waals surface area contributed by atoms with Crippen molar-refractivity contribution in [1.82, 2.24) is 4.90 Å². The van der Waals surface area contributed by atoms with E-state index in [-0.39, 0.29) is 5.91 Å². The summed E-state index contributed by atoms with van der Waals surface area (Å²) in [6, 6.07) is 8.08. The van der Waals surface area contributed by atoms with Gasteiger partial charge in [0.15, 0.2) is 0 Å². The molecule has 1 saturated heterocycles. The maximum atomic E-state index is 12.2. The van der Waals surface area contributed by atoms with E-state index in [0.29, 0.717) is 25.4 Å². The largest absolute Gasteiger partial charge is 0.338 e. The molecule has 2 rings (SSSR count). The number of hydrogen-bond donors (Lipinski definition) is 1. The SMILES string of the molecule is CCC1CCC(=O)N(Cc2cccc(C#CCN)c2)CC1. The number of nitrogens with two attached hydrogens (primary N) is 1. The molecule has 1 amide bonds. The van der Waals surface area contributed by atoms with Gasteiger partial charge < -0.3 is 10.6 Å². The molecule has 1 aromatic carbocycles. The van der Waals surface area contributed by atoms with Crippen molar-refractivity contribution in [3.8, 4) is 11.8 Å². The number of hydrogen-bond acceptors (Lipinski definition) is 2. The highest BCUT2D eigenvalue weighted by Gasteiger charge is 2.21. The number of carbonyl (C=O) groups is 1. The Morgan fingerprint density at radius 2 is 2.24 bits per heavy atom. The molecule has 1 aliphatic rings. The summed E-state index contributed by atoms with van der Waals surface area (Å²) in [5.41, 5.74) is 7.50. The molecule has 1 aliphatic heterocycles. The predicted octanol–water partition coefficient (Wildman–Crippen LogP) is 2.54. The van der Waals surface area contributed by atoms with Gasteiger partial charge in [0.2, 0.25) is 5.91 Å². The molecule has 0 radical (unpaired) electrons. The van der Waals surface area contributed by atoms with Gasteiger partial charge in [-0.15, -0.1) is 0 Å². The lowest BCUT2D eigenvalue weighted by Gasteiger charge is -2.21. The fourth-order valence-electron chi connectivity index (χ4n) is 2.79. The average molecular weight is 284 g/mol. The van der Waals surface area contributed by atoms with Gasteiger partial charge >= 0.3 is 0 Å². The fourth-order valence-corrected chi connectivity index (χ4v) is 2.79. The minimum absolute atomic E-state index is 0.282. The number of amides is 1. The van der Waals surface area contributed by atoms with E-state index in [1.807, 2.05) is 17.0 Å². The Hall–Kier alpha value is -1.79.